The molecule has 15 heavy (non-hydrogen) atoms. The van der Waals surface area contributed by atoms with Crippen LogP contribution in [-0.4, -0.2) is 22.7 Å². The van der Waals surface area contributed by atoms with Crippen LogP contribution in [0.2, 0.25) is 0 Å². The monoisotopic (exact) mass is 209 g/mol. The molecule has 1 rings (SSSR count). The Labute approximate surface area is 88.6 Å². The fraction of sp³-hybridized carbons (Fsp3) is 0.364. The van der Waals surface area contributed by atoms with Crippen molar-refractivity contribution < 1.29 is 15.0 Å². The SMILES string of the molecule is O=C(O)CCCNCc1ccccc1O. The molecule has 1 aromatic rings. The van der Waals surface area contributed by atoms with Crippen molar-refractivity contribution in [2.75, 3.05) is 6.54 Å². The highest BCUT2D eigenvalue weighted by Gasteiger charge is 1.99. The number of hydrogen-bond donors (Lipinski definition) is 3. The van der Waals surface area contributed by atoms with Crippen molar-refractivity contribution in [2.24, 2.45) is 0 Å². The first-order chi connectivity index (χ1) is 7.20. The summed E-state index contributed by atoms with van der Waals surface area (Å²) in [6.45, 7) is 1.20. The van der Waals surface area contributed by atoms with Gasteiger partial charge in [-0.25, -0.2) is 0 Å². The van der Waals surface area contributed by atoms with Crippen molar-refractivity contribution in [2.45, 2.75) is 19.4 Å². The molecule has 82 valence electrons. The lowest BCUT2D eigenvalue weighted by Crippen LogP contribution is -2.15. The molecule has 0 aliphatic heterocycles. The maximum absolute atomic E-state index is 10.2. The molecular weight excluding hydrogens is 194 g/mol. The number of carbonyl (C=O) groups is 1. The number of rotatable bonds is 6. The summed E-state index contributed by atoms with van der Waals surface area (Å²) in [7, 11) is 0. The van der Waals surface area contributed by atoms with Crippen LogP contribution >= 0.6 is 0 Å². The number of carboxylic acids is 1. The van der Waals surface area contributed by atoms with E-state index in [-0.39, 0.29) is 12.2 Å². The van der Waals surface area contributed by atoms with Gasteiger partial charge in [0.1, 0.15) is 5.75 Å². The average Bonchev–Trinajstić information content (AvgIpc) is 2.20. The van der Waals surface area contributed by atoms with Crippen molar-refractivity contribution in [1.29, 1.82) is 0 Å². The van der Waals surface area contributed by atoms with Crippen LogP contribution in [0.5, 0.6) is 5.75 Å². The fourth-order valence-electron chi connectivity index (χ4n) is 1.25. The molecule has 4 heteroatoms. The number of carboxylic acid groups (broad SMARTS) is 1. The maximum atomic E-state index is 10.2. The predicted molar refractivity (Wildman–Crippen MR) is 56.7 cm³/mol. The van der Waals surface area contributed by atoms with Crippen molar-refractivity contribution >= 4 is 5.97 Å². The molecule has 0 aliphatic carbocycles. The van der Waals surface area contributed by atoms with Crippen LogP contribution in [0.3, 0.4) is 0 Å². The van der Waals surface area contributed by atoms with Crippen LogP contribution in [0, 0.1) is 0 Å². The average molecular weight is 209 g/mol. The zero-order valence-corrected chi connectivity index (χ0v) is 8.44. The first-order valence-corrected chi connectivity index (χ1v) is 4.89. The fourth-order valence-corrected chi connectivity index (χ4v) is 1.25. The van der Waals surface area contributed by atoms with Gasteiger partial charge in [0.05, 0.1) is 0 Å². The highest BCUT2D eigenvalue weighted by Crippen LogP contribution is 2.14. The number of hydrogen-bond acceptors (Lipinski definition) is 3. The molecular formula is C11H15NO3. The number of benzene rings is 1. The molecule has 0 bridgehead atoms. The second kappa shape index (κ2) is 6.03. The second-order valence-corrected chi connectivity index (χ2v) is 3.30. The van der Waals surface area contributed by atoms with Crippen molar-refractivity contribution in [3.05, 3.63) is 29.8 Å². The Morgan fingerprint density at radius 3 is 2.73 bits per heavy atom. The van der Waals surface area contributed by atoms with E-state index in [1.165, 1.54) is 0 Å². The van der Waals surface area contributed by atoms with Gasteiger partial charge in [0, 0.05) is 18.5 Å². The van der Waals surface area contributed by atoms with Gasteiger partial charge in [0.25, 0.3) is 0 Å². The van der Waals surface area contributed by atoms with Gasteiger partial charge in [-0.3, -0.25) is 4.79 Å². The molecule has 0 aliphatic rings. The van der Waals surface area contributed by atoms with Crippen LogP contribution in [-0.2, 0) is 11.3 Å². The summed E-state index contributed by atoms with van der Waals surface area (Å²) in [5, 5.41) is 20.9. The molecule has 0 saturated carbocycles. The minimum absolute atomic E-state index is 0.174. The van der Waals surface area contributed by atoms with E-state index in [2.05, 4.69) is 5.32 Å². The van der Waals surface area contributed by atoms with Crippen LogP contribution in [0.1, 0.15) is 18.4 Å². The third-order valence-electron chi connectivity index (χ3n) is 2.05. The summed E-state index contributed by atoms with van der Waals surface area (Å²) in [6.07, 6.45) is 0.775. The third kappa shape index (κ3) is 4.46. The molecule has 0 radical (unpaired) electrons. The number of para-hydroxylation sites is 1. The maximum Gasteiger partial charge on any atom is 0.303 e. The zero-order chi connectivity index (χ0) is 11.1. The van der Waals surface area contributed by atoms with Gasteiger partial charge in [-0.15, -0.1) is 0 Å². The van der Waals surface area contributed by atoms with Gasteiger partial charge in [-0.1, -0.05) is 18.2 Å². The van der Waals surface area contributed by atoms with E-state index in [4.69, 9.17) is 5.11 Å². The minimum Gasteiger partial charge on any atom is -0.508 e. The lowest BCUT2D eigenvalue weighted by molar-refractivity contribution is -0.137. The second-order valence-electron chi connectivity index (χ2n) is 3.30. The van der Waals surface area contributed by atoms with Crippen LogP contribution in [0.25, 0.3) is 0 Å². The Kier molecular flexibility index (Phi) is 4.63. The topological polar surface area (TPSA) is 69.6 Å². The van der Waals surface area contributed by atoms with E-state index in [1.54, 1.807) is 12.1 Å². The highest BCUT2D eigenvalue weighted by molar-refractivity contribution is 5.66. The molecule has 0 spiro atoms. The van der Waals surface area contributed by atoms with Crippen LogP contribution in [0.4, 0.5) is 0 Å². The van der Waals surface area contributed by atoms with E-state index in [9.17, 15) is 9.90 Å². The molecule has 0 amide bonds. The number of phenols is 1. The molecule has 0 heterocycles. The van der Waals surface area contributed by atoms with E-state index < -0.39 is 5.97 Å². The van der Waals surface area contributed by atoms with Gasteiger partial charge < -0.3 is 15.5 Å². The lowest BCUT2D eigenvalue weighted by Gasteiger charge is -2.05. The number of nitrogens with one attached hydrogen (secondary N) is 1. The molecule has 1 aromatic carbocycles. The summed E-state index contributed by atoms with van der Waals surface area (Å²) in [4.78, 5) is 10.2. The molecule has 3 N–H and O–H groups in total. The Hall–Kier alpha value is -1.55. The molecule has 0 saturated heterocycles. The van der Waals surface area contributed by atoms with E-state index >= 15 is 0 Å². The van der Waals surface area contributed by atoms with Crippen molar-refractivity contribution in [3.63, 3.8) is 0 Å². The summed E-state index contributed by atoms with van der Waals surface area (Å²) in [5.41, 5.74) is 0.827. The quantitative estimate of drug-likeness (QED) is 0.618. The van der Waals surface area contributed by atoms with Crippen LogP contribution < -0.4 is 5.32 Å². The summed E-state index contributed by atoms with van der Waals surface area (Å²) < 4.78 is 0. The number of phenolic OH excluding ortho intramolecular Hbond substituents is 1. The van der Waals surface area contributed by atoms with Crippen molar-refractivity contribution in [3.8, 4) is 5.75 Å². The van der Waals surface area contributed by atoms with Gasteiger partial charge in [0.15, 0.2) is 0 Å². The summed E-state index contributed by atoms with van der Waals surface area (Å²) >= 11 is 0. The highest BCUT2D eigenvalue weighted by atomic mass is 16.4. The molecule has 0 atom stereocenters. The lowest BCUT2D eigenvalue weighted by atomic mass is 10.2. The zero-order valence-electron chi connectivity index (χ0n) is 8.44. The Bertz CT molecular complexity index is 325. The van der Waals surface area contributed by atoms with E-state index in [1.807, 2.05) is 12.1 Å². The largest absolute Gasteiger partial charge is 0.508 e. The predicted octanol–water partition coefficient (Wildman–Crippen LogP) is 1.35. The van der Waals surface area contributed by atoms with Crippen LogP contribution in [0.15, 0.2) is 24.3 Å². The Morgan fingerprint density at radius 2 is 2.07 bits per heavy atom. The molecule has 0 unspecified atom stereocenters. The summed E-state index contributed by atoms with van der Waals surface area (Å²) in [6, 6.07) is 7.09. The first kappa shape index (κ1) is 11.5. The van der Waals surface area contributed by atoms with Gasteiger partial charge in [0.2, 0.25) is 0 Å². The van der Waals surface area contributed by atoms with Gasteiger partial charge >= 0.3 is 5.97 Å². The number of aromatic hydroxyl groups is 1. The third-order valence-corrected chi connectivity index (χ3v) is 2.05. The Morgan fingerprint density at radius 1 is 1.33 bits per heavy atom. The standard InChI is InChI=1S/C11H15NO3/c13-10-5-2-1-4-9(10)8-12-7-3-6-11(14)15/h1-2,4-5,12-13H,3,6-8H2,(H,14,15). The van der Waals surface area contributed by atoms with Gasteiger partial charge in [-0.05, 0) is 19.0 Å². The summed E-state index contributed by atoms with van der Waals surface area (Å²) in [5.74, 6) is -0.511. The van der Waals surface area contributed by atoms with Gasteiger partial charge in [-0.2, -0.15) is 0 Å². The Balaban J connectivity index is 2.21. The normalized spacial score (nSPS) is 10.1. The molecule has 4 nitrogen and oxygen atoms in total. The van der Waals surface area contributed by atoms with E-state index in [0.717, 1.165) is 5.56 Å². The number of aliphatic carboxylic acids is 1. The smallest absolute Gasteiger partial charge is 0.303 e. The first-order valence-electron chi connectivity index (χ1n) is 4.89. The van der Waals surface area contributed by atoms with E-state index in [0.29, 0.717) is 19.5 Å². The minimum atomic E-state index is -0.778. The van der Waals surface area contributed by atoms with Crippen molar-refractivity contribution in [1.82, 2.24) is 5.32 Å². The molecule has 0 aromatic heterocycles. The molecule has 0 fully saturated rings.